The summed E-state index contributed by atoms with van der Waals surface area (Å²) in [5.41, 5.74) is 1.70. The standard InChI is InChI=1S/C13H13N5/c1-15-12-6-13(18-9-17-12)16-8-11-4-2-3-10(5-11)7-14/h2-6,9H,8H2,1H3,(H2,15,16,17,18). The quantitative estimate of drug-likeness (QED) is 0.853. The van der Waals surface area contributed by atoms with Crippen LogP contribution in [0.25, 0.3) is 0 Å². The van der Waals surface area contributed by atoms with Crippen LogP contribution in [0.15, 0.2) is 36.7 Å². The molecule has 0 aliphatic carbocycles. The SMILES string of the molecule is CNc1cc(NCc2cccc(C#N)c2)ncn1. The van der Waals surface area contributed by atoms with Gasteiger partial charge >= 0.3 is 0 Å². The topological polar surface area (TPSA) is 73.6 Å². The lowest BCUT2D eigenvalue weighted by atomic mass is 10.1. The molecular formula is C13H13N5. The molecule has 0 amide bonds. The molecule has 0 saturated carbocycles. The Labute approximate surface area is 106 Å². The molecule has 1 heterocycles. The zero-order chi connectivity index (χ0) is 12.8. The zero-order valence-corrected chi connectivity index (χ0v) is 10.0. The molecule has 18 heavy (non-hydrogen) atoms. The van der Waals surface area contributed by atoms with Gasteiger partial charge in [-0.3, -0.25) is 0 Å². The van der Waals surface area contributed by atoms with Gasteiger partial charge in [-0.25, -0.2) is 9.97 Å². The Hall–Kier alpha value is -2.61. The highest BCUT2D eigenvalue weighted by Crippen LogP contribution is 2.10. The number of hydrogen-bond donors (Lipinski definition) is 2. The fourth-order valence-corrected chi connectivity index (χ4v) is 1.53. The number of nitrogens with one attached hydrogen (secondary N) is 2. The normalized spacial score (nSPS) is 9.56. The van der Waals surface area contributed by atoms with Crippen molar-refractivity contribution in [2.75, 3.05) is 17.7 Å². The van der Waals surface area contributed by atoms with E-state index in [2.05, 4.69) is 26.7 Å². The van der Waals surface area contributed by atoms with Crippen molar-refractivity contribution in [1.82, 2.24) is 9.97 Å². The van der Waals surface area contributed by atoms with E-state index < -0.39 is 0 Å². The van der Waals surface area contributed by atoms with E-state index in [0.29, 0.717) is 12.1 Å². The number of benzene rings is 1. The molecule has 1 aromatic carbocycles. The van der Waals surface area contributed by atoms with E-state index in [4.69, 9.17) is 5.26 Å². The predicted molar refractivity (Wildman–Crippen MR) is 70.1 cm³/mol. The second kappa shape index (κ2) is 5.64. The Kier molecular flexibility index (Phi) is 3.72. The highest BCUT2D eigenvalue weighted by Gasteiger charge is 1.98. The lowest BCUT2D eigenvalue weighted by molar-refractivity contribution is 1.08. The third-order valence-corrected chi connectivity index (χ3v) is 2.45. The molecule has 0 unspecified atom stereocenters. The molecule has 90 valence electrons. The number of aromatic nitrogens is 2. The summed E-state index contributed by atoms with van der Waals surface area (Å²) in [5, 5.41) is 15.0. The van der Waals surface area contributed by atoms with Crippen LogP contribution in [0.3, 0.4) is 0 Å². The van der Waals surface area contributed by atoms with Crippen molar-refractivity contribution in [3.63, 3.8) is 0 Å². The molecule has 0 saturated heterocycles. The maximum atomic E-state index is 8.82. The third-order valence-electron chi connectivity index (χ3n) is 2.45. The Balaban J connectivity index is 2.04. The van der Waals surface area contributed by atoms with Gasteiger partial charge in [0.05, 0.1) is 11.6 Å². The van der Waals surface area contributed by atoms with Crippen molar-refractivity contribution in [3.8, 4) is 6.07 Å². The largest absolute Gasteiger partial charge is 0.373 e. The van der Waals surface area contributed by atoms with Gasteiger partial charge in [0.15, 0.2) is 0 Å². The molecule has 0 radical (unpaired) electrons. The number of anilines is 2. The van der Waals surface area contributed by atoms with Crippen LogP contribution in [0.5, 0.6) is 0 Å². The molecule has 2 aromatic rings. The summed E-state index contributed by atoms with van der Waals surface area (Å²) in [5.74, 6) is 1.51. The molecule has 0 atom stereocenters. The van der Waals surface area contributed by atoms with Crippen LogP contribution in [-0.2, 0) is 6.54 Å². The van der Waals surface area contributed by atoms with E-state index in [1.807, 2.05) is 31.3 Å². The van der Waals surface area contributed by atoms with Crippen molar-refractivity contribution in [3.05, 3.63) is 47.8 Å². The minimum atomic E-state index is 0.621. The fourth-order valence-electron chi connectivity index (χ4n) is 1.53. The molecule has 5 heteroatoms. The molecule has 0 spiro atoms. The van der Waals surface area contributed by atoms with Crippen molar-refractivity contribution in [2.24, 2.45) is 0 Å². The minimum Gasteiger partial charge on any atom is -0.373 e. The van der Waals surface area contributed by atoms with Crippen molar-refractivity contribution < 1.29 is 0 Å². The van der Waals surface area contributed by atoms with E-state index in [9.17, 15) is 0 Å². The molecule has 5 nitrogen and oxygen atoms in total. The molecule has 1 aromatic heterocycles. The minimum absolute atomic E-state index is 0.621. The Morgan fingerprint density at radius 2 is 2.06 bits per heavy atom. The summed E-state index contributed by atoms with van der Waals surface area (Å²) in [6.07, 6.45) is 1.50. The molecule has 0 aliphatic rings. The van der Waals surface area contributed by atoms with E-state index in [1.165, 1.54) is 6.33 Å². The molecule has 0 fully saturated rings. The first kappa shape index (κ1) is 11.9. The van der Waals surface area contributed by atoms with Gasteiger partial charge in [0.2, 0.25) is 0 Å². The Morgan fingerprint density at radius 1 is 1.22 bits per heavy atom. The van der Waals surface area contributed by atoms with Gasteiger partial charge in [-0.2, -0.15) is 5.26 Å². The summed E-state index contributed by atoms with van der Waals surface area (Å²) in [4.78, 5) is 8.15. The van der Waals surface area contributed by atoms with Gasteiger partial charge in [0.1, 0.15) is 18.0 Å². The molecule has 0 bridgehead atoms. The summed E-state index contributed by atoms with van der Waals surface area (Å²) >= 11 is 0. The van der Waals surface area contributed by atoms with E-state index in [0.717, 1.165) is 17.2 Å². The van der Waals surface area contributed by atoms with E-state index >= 15 is 0 Å². The predicted octanol–water partition coefficient (Wildman–Crippen LogP) is 2.00. The highest BCUT2D eigenvalue weighted by atomic mass is 15.0. The van der Waals surface area contributed by atoms with Crippen LogP contribution in [0.4, 0.5) is 11.6 Å². The van der Waals surface area contributed by atoms with Crippen LogP contribution in [-0.4, -0.2) is 17.0 Å². The van der Waals surface area contributed by atoms with Crippen LogP contribution >= 0.6 is 0 Å². The first-order valence-electron chi connectivity index (χ1n) is 5.54. The Morgan fingerprint density at radius 3 is 2.83 bits per heavy atom. The third kappa shape index (κ3) is 2.95. The van der Waals surface area contributed by atoms with Gasteiger partial charge in [-0.15, -0.1) is 0 Å². The maximum Gasteiger partial charge on any atom is 0.131 e. The van der Waals surface area contributed by atoms with Gasteiger partial charge < -0.3 is 10.6 Å². The summed E-state index contributed by atoms with van der Waals surface area (Å²) < 4.78 is 0. The maximum absolute atomic E-state index is 8.82. The lowest BCUT2D eigenvalue weighted by Gasteiger charge is -2.07. The van der Waals surface area contributed by atoms with Crippen molar-refractivity contribution in [2.45, 2.75) is 6.54 Å². The van der Waals surface area contributed by atoms with Crippen molar-refractivity contribution in [1.29, 1.82) is 5.26 Å². The second-order valence-corrected chi connectivity index (χ2v) is 3.70. The number of hydrogen-bond acceptors (Lipinski definition) is 5. The molecule has 2 N–H and O–H groups in total. The number of rotatable bonds is 4. The van der Waals surface area contributed by atoms with Gasteiger partial charge in [-0.1, -0.05) is 12.1 Å². The van der Waals surface area contributed by atoms with Crippen LogP contribution < -0.4 is 10.6 Å². The van der Waals surface area contributed by atoms with Crippen LogP contribution in [0.1, 0.15) is 11.1 Å². The first-order chi connectivity index (χ1) is 8.81. The van der Waals surface area contributed by atoms with E-state index in [-0.39, 0.29) is 0 Å². The summed E-state index contributed by atoms with van der Waals surface area (Å²) in [6, 6.07) is 11.4. The summed E-state index contributed by atoms with van der Waals surface area (Å²) in [7, 11) is 1.81. The highest BCUT2D eigenvalue weighted by molar-refractivity contribution is 5.46. The smallest absolute Gasteiger partial charge is 0.131 e. The van der Waals surface area contributed by atoms with Crippen molar-refractivity contribution >= 4 is 11.6 Å². The average molecular weight is 239 g/mol. The number of nitrogens with zero attached hydrogens (tertiary/aromatic N) is 3. The summed E-state index contributed by atoms with van der Waals surface area (Å²) in [6.45, 7) is 0.621. The molecule has 0 aliphatic heterocycles. The average Bonchev–Trinajstić information content (AvgIpc) is 2.45. The van der Waals surface area contributed by atoms with Crippen LogP contribution in [0.2, 0.25) is 0 Å². The lowest BCUT2D eigenvalue weighted by Crippen LogP contribution is -2.03. The molecular weight excluding hydrogens is 226 g/mol. The zero-order valence-electron chi connectivity index (χ0n) is 10.0. The molecule has 2 rings (SSSR count). The van der Waals surface area contributed by atoms with Gasteiger partial charge in [-0.05, 0) is 17.7 Å². The second-order valence-electron chi connectivity index (χ2n) is 3.70. The van der Waals surface area contributed by atoms with Crippen LogP contribution in [0, 0.1) is 11.3 Å². The number of nitriles is 1. The fraction of sp³-hybridized carbons (Fsp3) is 0.154. The first-order valence-corrected chi connectivity index (χ1v) is 5.54. The monoisotopic (exact) mass is 239 g/mol. The Bertz CT molecular complexity index is 574. The van der Waals surface area contributed by atoms with Gasteiger partial charge in [0, 0.05) is 19.7 Å². The van der Waals surface area contributed by atoms with Gasteiger partial charge in [0.25, 0.3) is 0 Å². The van der Waals surface area contributed by atoms with E-state index in [1.54, 1.807) is 6.07 Å².